The standard InChI is InChI=1S/C22H22BrNO4/c23-20-12-11-19(18-9-5-2-6-10-18)15-22(20,26)28-14-13-24-21(25)27-16-17-7-3-1-4-8-17/h1-12,26H,13-16H2,(H,24,25). The summed E-state index contributed by atoms with van der Waals surface area (Å²) in [6.07, 6.45) is 3.53. The van der Waals surface area contributed by atoms with E-state index in [4.69, 9.17) is 9.47 Å². The molecular weight excluding hydrogens is 422 g/mol. The zero-order chi connectivity index (χ0) is 19.8. The van der Waals surface area contributed by atoms with Crippen molar-refractivity contribution in [3.63, 3.8) is 0 Å². The van der Waals surface area contributed by atoms with Crippen molar-refractivity contribution in [1.29, 1.82) is 0 Å². The zero-order valence-electron chi connectivity index (χ0n) is 15.3. The molecule has 1 amide bonds. The zero-order valence-corrected chi connectivity index (χ0v) is 16.9. The Balaban J connectivity index is 1.44. The fourth-order valence-electron chi connectivity index (χ4n) is 2.82. The molecule has 0 bridgehead atoms. The monoisotopic (exact) mass is 443 g/mol. The van der Waals surface area contributed by atoms with E-state index < -0.39 is 11.9 Å². The number of ether oxygens (including phenoxy) is 2. The number of benzene rings is 2. The van der Waals surface area contributed by atoms with Gasteiger partial charge in [0, 0.05) is 13.0 Å². The lowest BCUT2D eigenvalue weighted by atomic mass is 9.93. The summed E-state index contributed by atoms with van der Waals surface area (Å²) in [6.45, 7) is 0.569. The summed E-state index contributed by atoms with van der Waals surface area (Å²) in [7, 11) is 0. The van der Waals surface area contributed by atoms with Crippen LogP contribution in [0.5, 0.6) is 0 Å². The number of aliphatic hydroxyl groups is 1. The lowest BCUT2D eigenvalue weighted by Gasteiger charge is -2.31. The summed E-state index contributed by atoms with van der Waals surface area (Å²) < 4.78 is 11.4. The van der Waals surface area contributed by atoms with Crippen LogP contribution in [0.3, 0.4) is 0 Å². The molecule has 3 rings (SSSR count). The Hall–Kier alpha value is -2.41. The number of amides is 1. The van der Waals surface area contributed by atoms with Crippen LogP contribution < -0.4 is 5.32 Å². The third kappa shape index (κ3) is 5.55. The van der Waals surface area contributed by atoms with Gasteiger partial charge in [-0.3, -0.25) is 0 Å². The van der Waals surface area contributed by atoms with Crippen molar-refractivity contribution in [1.82, 2.24) is 5.32 Å². The summed E-state index contributed by atoms with van der Waals surface area (Å²) in [4.78, 5) is 11.8. The summed E-state index contributed by atoms with van der Waals surface area (Å²) in [5.74, 6) is -1.46. The van der Waals surface area contributed by atoms with Crippen LogP contribution in [0.25, 0.3) is 5.57 Å². The first kappa shape index (κ1) is 20.3. The van der Waals surface area contributed by atoms with Gasteiger partial charge in [0.1, 0.15) is 6.61 Å². The molecule has 1 atom stereocenters. The van der Waals surface area contributed by atoms with E-state index in [1.54, 1.807) is 6.08 Å². The molecule has 0 saturated heterocycles. The van der Waals surface area contributed by atoms with Crippen molar-refractivity contribution in [2.45, 2.75) is 18.8 Å². The van der Waals surface area contributed by atoms with Crippen LogP contribution in [-0.4, -0.2) is 30.1 Å². The Labute approximate surface area is 172 Å². The number of halogens is 1. The maximum Gasteiger partial charge on any atom is 0.407 e. The van der Waals surface area contributed by atoms with E-state index in [0.717, 1.165) is 16.7 Å². The van der Waals surface area contributed by atoms with Crippen LogP contribution >= 0.6 is 15.9 Å². The number of hydrogen-bond acceptors (Lipinski definition) is 4. The molecule has 0 radical (unpaired) electrons. The SMILES string of the molecule is O=C(NCCOC1(O)CC(c2ccccc2)=CC=C1Br)OCc1ccccc1. The Morgan fingerprint density at radius 3 is 2.46 bits per heavy atom. The first-order valence-corrected chi connectivity index (χ1v) is 9.79. The van der Waals surface area contributed by atoms with E-state index in [2.05, 4.69) is 21.2 Å². The Kier molecular flexibility index (Phi) is 7.03. The first-order chi connectivity index (χ1) is 13.6. The third-order valence-electron chi connectivity index (χ3n) is 4.30. The number of hydrogen-bond donors (Lipinski definition) is 2. The molecular formula is C22H22BrNO4. The summed E-state index contributed by atoms with van der Waals surface area (Å²) in [5, 5.41) is 13.5. The molecule has 6 heteroatoms. The number of alkyl carbamates (subject to hydrolysis) is 1. The van der Waals surface area contributed by atoms with Gasteiger partial charge in [0.25, 0.3) is 0 Å². The van der Waals surface area contributed by atoms with Crippen LogP contribution in [0.2, 0.25) is 0 Å². The topological polar surface area (TPSA) is 67.8 Å². The van der Waals surface area contributed by atoms with Crippen molar-refractivity contribution >= 4 is 27.6 Å². The number of carbonyl (C=O) groups is 1. The van der Waals surface area contributed by atoms with Crippen molar-refractivity contribution < 1.29 is 19.4 Å². The van der Waals surface area contributed by atoms with Crippen LogP contribution in [0.4, 0.5) is 4.79 Å². The molecule has 0 saturated carbocycles. The van der Waals surface area contributed by atoms with Crippen molar-refractivity contribution in [3.05, 3.63) is 88.4 Å². The highest BCUT2D eigenvalue weighted by molar-refractivity contribution is 9.11. The van der Waals surface area contributed by atoms with Crippen LogP contribution in [0.15, 0.2) is 77.3 Å². The van der Waals surface area contributed by atoms with Crippen LogP contribution in [0.1, 0.15) is 17.5 Å². The Morgan fingerprint density at radius 2 is 1.75 bits per heavy atom. The number of allylic oxidation sites excluding steroid dienone is 2. The highest BCUT2D eigenvalue weighted by atomic mass is 79.9. The predicted octanol–water partition coefficient (Wildman–Crippen LogP) is 4.38. The molecule has 1 unspecified atom stereocenters. The van der Waals surface area contributed by atoms with Gasteiger partial charge in [-0.2, -0.15) is 0 Å². The quantitative estimate of drug-likeness (QED) is 0.491. The van der Waals surface area contributed by atoms with Gasteiger partial charge >= 0.3 is 6.09 Å². The van der Waals surface area contributed by atoms with E-state index in [-0.39, 0.29) is 19.8 Å². The summed E-state index contributed by atoms with van der Waals surface area (Å²) in [6, 6.07) is 19.3. The minimum Gasteiger partial charge on any atom is -0.445 e. The van der Waals surface area contributed by atoms with Crippen LogP contribution in [0, 0.1) is 0 Å². The second kappa shape index (κ2) is 9.68. The smallest absolute Gasteiger partial charge is 0.407 e. The van der Waals surface area contributed by atoms with E-state index in [1.165, 1.54) is 0 Å². The molecule has 0 spiro atoms. The second-order valence-electron chi connectivity index (χ2n) is 6.37. The van der Waals surface area contributed by atoms with E-state index in [1.807, 2.05) is 66.7 Å². The fourth-order valence-corrected chi connectivity index (χ4v) is 3.21. The van der Waals surface area contributed by atoms with E-state index >= 15 is 0 Å². The van der Waals surface area contributed by atoms with Gasteiger partial charge in [-0.15, -0.1) is 0 Å². The molecule has 0 aliphatic heterocycles. The molecule has 2 aromatic carbocycles. The van der Waals surface area contributed by atoms with Gasteiger partial charge in [0.05, 0.1) is 11.1 Å². The molecule has 1 aliphatic rings. The summed E-state index contributed by atoms with van der Waals surface area (Å²) in [5.41, 5.74) is 2.92. The second-order valence-corrected chi connectivity index (χ2v) is 7.22. The lowest BCUT2D eigenvalue weighted by molar-refractivity contribution is -0.163. The summed E-state index contributed by atoms with van der Waals surface area (Å²) >= 11 is 3.37. The molecule has 0 aromatic heterocycles. The molecule has 0 heterocycles. The van der Waals surface area contributed by atoms with E-state index in [0.29, 0.717) is 10.9 Å². The van der Waals surface area contributed by atoms with Crippen molar-refractivity contribution in [3.8, 4) is 0 Å². The predicted molar refractivity (Wildman–Crippen MR) is 112 cm³/mol. The maximum absolute atomic E-state index is 11.8. The van der Waals surface area contributed by atoms with E-state index in [9.17, 15) is 9.90 Å². The largest absolute Gasteiger partial charge is 0.445 e. The van der Waals surface area contributed by atoms with Gasteiger partial charge < -0.3 is 19.9 Å². The van der Waals surface area contributed by atoms with Gasteiger partial charge in [-0.05, 0) is 38.7 Å². The van der Waals surface area contributed by atoms with Gasteiger partial charge in [-0.1, -0.05) is 66.7 Å². The van der Waals surface area contributed by atoms with Gasteiger partial charge in [-0.25, -0.2) is 4.79 Å². The minimum absolute atomic E-state index is 0.141. The molecule has 2 N–H and O–H groups in total. The Bertz CT molecular complexity index is 851. The average Bonchev–Trinajstić information content (AvgIpc) is 2.73. The molecule has 146 valence electrons. The normalized spacial score (nSPS) is 18.8. The van der Waals surface area contributed by atoms with Crippen molar-refractivity contribution in [2.75, 3.05) is 13.2 Å². The first-order valence-electron chi connectivity index (χ1n) is 9.00. The average molecular weight is 444 g/mol. The number of rotatable bonds is 7. The fraction of sp³-hybridized carbons (Fsp3) is 0.227. The van der Waals surface area contributed by atoms with Crippen LogP contribution in [-0.2, 0) is 16.1 Å². The minimum atomic E-state index is -1.46. The maximum atomic E-state index is 11.8. The molecule has 28 heavy (non-hydrogen) atoms. The number of nitrogens with one attached hydrogen (secondary N) is 1. The molecule has 1 aliphatic carbocycles. The highest BCUT2D eigenvalue weighted by Gasteiger charge is 2.35. The van der Waals surface area contributed by atoms with Gasteiger partial charge in [0.2, 0.25) is 5.79 Å². The highest BCUT2D eigenvalue weighted by Crippen LogP contribution is 2.38. The third-order valence-corrected chi connectivity index (χ3v) is 5.19. The molecule has 0 fully saturated rings. The molecule has 5 nitrogen and oxygen atoms in total. The van der Waals surface area contributed by atoms with Gasteiger partial charge in [0.15, 0.2) is 0 Å². The number of carbonyl (C=O) groups excluding carboxylic acids is 1. The Morgan fingerprint density at radius 1 is 1.07 bits per heavy atom. The van der Waals surface area contributed by atoms with Crippen molar-refractivity contribution in [2.24, 2.45) is 0 Å². The lowest BCUT2D eigenvalue weighted by Crippen LogP contribution is -2.38. The molecule has 2 aromatic rings.